The molecule has 1 aromatic heterocycles. The van der Waals surface area contributed by atoms with E-state index in [4.69, 9.17) is 4.74 Å². The number of nitrogens with one attached hydrogen (secondary N) is 1. The van der Waals surface area contributed by atoms with Gasteiger partial charge in [0.2, 0.25) is 5.13 Å². The maximum absolute atomic E-state index is 11.5. The number of amides is 1. The van der Waals surface area contributed by atoms with E-state index in [1.165, 1.54) is 24.3 Å². The van der Waals surface area contributed by atoms with Gasteiger partial charge in [0.15, 0.2) is 0 Å². The topological polar surface area (TPSA) is 107 Å². The minimum absolute atomic E-state index is 0.0764. The zero-order valence-corrected chi connectivity index (χ0v) is 10.5. The van der Waals surface area contributed by atoms with Crippen LogP contribution in [0.1, 0.15) is 5.82 Å². The maximum atomic E-state index is 11.5. The Morgan fingerprint density at radius 2 is 2.11 bits per heavy atom. The number of nitro groups is 1. The normalized spacial score (nSPS) is 9.95. The number of hydrogen-bond acceptors (Lipinski definition) is 7. The molecule has 0 atom stereocenters. The van der Waals surface area contributed by atoms with Gasteiger partial charge in [-0.05, 0) is 19.1 Å². The van der Waals surface area contributed by atoms with Gasteiger partial charge in [-0.1, -0.05) is 0 Å². The summed E-state index contributed by atoms with van der Waals surface area (Å²) in [5.74, 6) is 0.750. The summed E-state index contributed by atoms with van der Waals surface area (Å²) in [6, 6.07) is 5.17. The molecule has 98 valence electrons. The number of aromatic nitrogens is 2. The smallest absolute Gasteiger partial charge is 0.410 e. The number of aryl methyl sites for hydroxylation is 1. The Kier molecular flexibility index (Phi) is 3.66. The van der Waals surface area contributed by atoms with Crippen molar-refractivity contribution in [3.8, 4) is 5.75 Å². The Labute approximate surface area is 111 Å². The Balaban J connectivity index is 1.97. The summed E-state index contributed by atoms with van der Waals surface area (Å²) in [5.41, 5.74) is -0.0764. The average molecular weight is 280 g/mol. The number of anilines is 1. The molecule has 0 aliphatic rings. The number of rotatable bonds is 3. The van der Waals surface area contributed by atoms with Crippen LogP contribution in [0.4, 0.5) is 15.6 Å². The quantitative estimate of drug-likeness (QED) is 0.683. The lowest BCUT2D eigenvalue weighted by Crippen LogP contribution is -2.16. The van der Waals surface area contributed by atoms with Gasteiger partial charge >= 0.3 is 6.09 Å². The molecule has 1 heterocycles. The molecule has 0 bridgehead atoms. The molecular formula is C10H8N4O4S. The first kappa shape index (κ1) is 12.9. The minimum Gasteiger partial charge on any atom is -0.410 e. The summed E-state index contributed by atoms with van der Waals surface area (Å²) < 4.78 is 8.82. The number of benzene rings is 1. The van der Waals surface area contributed by atoms with Crippen LogP contribution in [0.2, 0.25) is 0 Å². The Bertz CT molecular complexity index is 610. The van der Waals surface area contributed by atoms with Gasteiger partial charge in [0.25, 0.3) is 5.69 Å². The zero-order valence-electron chi connectivity index (χ0n) is 9.69. The first-order chi connectivity index (χ1) is 9.04. The lowest BCUT2D eigenvalue weighted by atomic mass is 10.3. The SMILES string of the molecule is Cc1nsc(NC(=O)Oc2ccc([N+](=O)[O-])cc2)n1. The standard InChI is InChI=1S/C10H8N4O4S/c1-6-11-9(19-13-6)12-10(15)18-8-4-2-7(3-5-8)14(16)17/h2-5H,1H3,(H,11,12,13,15). The molecule has 0 radical (unpaired) electrons. The molecule has 1 aromatic carbocycles. The van der Waals surface area contributed by atoms with Gasteiger partial charge in [0.05, 0.1) is 4.92 Å². The molecule has 0 saturated heterocycles. The van der Waals surface area contributed by atoms with Gasteiger partial charge in [-0.2, -0.15) is 4.37 Å². The van der Waals surface area contributed by atoms with Gasteiger partial charge < -0.3 is 4.74 Å². The second kappa shape index (κ2) is 5.40. The van der Waals surface area contributed by atoms with E-state index < -0.39 is 11.0 Å². The first-order valence-electron chi connectivity index (χ1n) is 5.08. The van der Waals surface area contributed by atoms with Gasteiger partial charge in [-0.15, -0.1) is 0 Å². The van der Waals surface area contributed by atoms with Crippen LogP contribution < -0.4 is 10.1 Å². The highest BCUT2D eigenvalue weighted by Gasteiger charge is 2.10. The number of carbonyl (C=O) groups excluding carboxylic acids is 1. The van der Waals surface area contributed by atoms with Crippen molar-refractivity contribution in [3.63, 3.8) is 0 Å². The highest BCUT2D eigenvalue weighted by Crippen LogP contribution is 2.18. The zero-order chi connectivity index (χ0) is 13.8. The predicted molar refractivity (Wildman–Crippen MR) is 67.4 cm³/mol. The Morgan fingerprint density at radius 3 is 2.63 bits per heavy atom. The van der Waals surface area contributed by atoms with E-state index in [9.17, 15) is 14.9 Å². The molecule has 2 aromatic rings. The Morgan fingerprint density at radius 1 is 1.42 bits per heavy atom. The van der Waals surface area contributed by atoms with Crippen LogP contribution in [0.3, 0.4) is 0 Å². The summed E-state index contributed by atoms with van der Waals surface area (Å²) in [6.07, 6.45) is -0.731. The summed E-state index contributed by atoms with van der Waals surface area (Å²) in [6.45, 7) is 1.70. The maximum Gasteiger partial charge on any atom is 0.418 e. The number of carbonyl (C=O) groups is 1. The Hall–Kier alpha value is -2.55. The van der Waals surface area contributed by atoms with Crippen LogP contribution in [0, 0.1) is 17.0 Å². The van der Waals surface area contributed by atoms with E-state index in [0.717, 1.165) is 11.5 Å². The van der Waals surface area contributed by atoms with E-state index in [2.05, 4.69) is 14.7 Å². The van der Waals surface area contributed by atoms with E-state index >= 15 is 0 Å². The molecule has 1 amide bonds. The molecule has 0 saturated carbocycles. The highest BCUT2D eigenvalue weighted by molar-refractivity contribution is 7.09. The highest BCUT2D eigenvalue weighted by atomic mass is 32.1. The molecule has 0 aliphatic carbocycles. The number of nitrogens with zero attached hydrogens (tertiary/aromatic N) is 3. The number of hydrogen-bond donors (Lipinski definition) is 1. The van der Waals surface area contributed by atoms with Crippen LogP contribution >= 0.6 is 11.5 Å². The van der Waals surface area contributed by atoms with E-state index in [1.807, 2.05) is 0 Å². The van der Waals surface area contributed by atoms with E-state index in [0.29, 0.717) is 11.0 Å². The third kappa shape index (κ3) is 3.45. The number of ether oxygens (including phenoxy) is 1. The van der Waals surface area contributed by atoms with Crippen LogP contribution in [-0.2, 0) is 0 Å². The third-order valence-corrected chi connectivity index (χ3v) is 2.72. The average Bonchev–Trinajstić information content (AvgIpc) is 2.75. The van der Waals surface area contributed by atoms with E-state index in [1.54, 1.807) is 6.92 Å². The molecule has 0 fully saturated rings. The summed E-state index contributed by atoms with van der Waals surface area (Å²) in [7, 11) is 0. The molecule has 0 aliphatic heterocycles. The molecule has 0 spiro atoms. The number of nitro benzene ring substituents is 1. The van der Waals surface area contributed by atoms with Gasteiger partial charge in [-0.25, -0.2) is 9.78 Å². The molecule has 9 heteroatoms. The van der Waals surface area contributed by atoms with Crippen molar-refractivity contribution in [1.82, 2.24) is 9.36 Å². The van der Waals surface area contributed by atoms with Crippen molar-refractivity contribution >= 4 is 28.4 Å². The van der Waals surface area contributed by atoms with Crippen molar-refractivity contribution in [2.45, 2.75) is 6.92 Å². The first-order valence-corrected chi connectivity index (χ1v) is 5.85. The largest absolute Gasteiger partial charge is 0.418 e. The van der Waals surface area contributed by atoms with Crippen molar-refractivity contribution in [3.05, 3.63) is 40.2 Å². The van der Waals surface area contributed by atoms with Crippen LogP contribution in [0.15, 0.2) is 24.3 Å². The number of non-ortho nitro benzene ring substituents is 1. The van der Waals surface area contributed by atoms with Gasteiger partial charge in [-0.3, -0.25) is 15.4 Å². The third-order valence-electron chi connectivity index (χ3n) is 1.99. The lowest BCUT2D eigenvalue weighted by molar-refractivity contribution is -0.384. The molecular weight excluding hydrogens is 272 g/mol. The second-order valence-corrected chi connectivity index (χ2v) is 4.16. The fourth-order valence-corrected chi connectivity index (χ4v) is 1.76. The van der Waals surface area contributed by atoms with Crippen LogP contribution in [-0.4, -0.2) is 20.4 Å². The molecule has 0 unspecified atom stereocenters. The van der Waals surface area contributed by atoms with Gasteiger partial charge in [0.1, 0.15) is 11.6 Å². The molecule has 19 heavy (non-hydrogen) atoms. The molecule has 8 nitrogen and oxygen atoms in total. The summed E-state index contributed by atoms with van der Waals surface area (Å²) in [4.78, 5) is 25.3. The summed E-state index contributed by atoms with van der Waals surface area (Å²) in [5, 5.41) is 13.2. The fourth-order valence-electron chi connectivity index (χ4n) is 1.20. The second-order valence-electron chi connectivity index (χ2n) is 3.41. The predicted octanol–water partition coefficient (Wildman–Crippen LogP) is 2.37. The van der Waals surface area contributed by atoms with Crippen molar-refractivity contribution in [2.24, 2.45) is 0 Å². The van der Waals surface area contributed by atoms with Crippen molar-refractivity contribution in [2.75, 3.05) is 5.32 Å². The van der Waals surface area contributed by atoms with Gasteiger partial charge in [0, 0.05) is 23.7 Å². The van der Waals surface area contributed by atoms with Crippen molar-refractivity contribution < 1.29 is 14.5 Å². The monoisotopic (exact) mass is 280 g/mol. The van der Waals surface area contributed by atoms with Crippen molar-refractivity contribution in [1.29, 1.82) is 0 Å². The molecule has 1 N–H and O–H groups in total. The summed E-state index contributed by atoms with van der Waals surface area (Å²) >= 11 is 1.03. The molecule has 2 rings (SSSR count). The fraction of sp³-hybridized carbons (Fsp3) is 0.100. The van der Waals surface area contributed by atoms with Crippen LogP contribution in [0.25, 0.3) is 0 Å². The van der Waals surface area contributed by atoms with E-state index in [-0.39, 0.29) is 11.4 Å². The minimum atomic E-state index is -0.731. The lowest BCUT2D eigenvalue weighted by Gasteiger charge is -2.03. The van der Waals surface area contributed by atoms with Crippen LogP contribution in [0.5, 0.6) is 5.75 Å².